The molecule has 3 aromatic carbocycles. The number of hydrogen-bond acceptors (Lipinski definition) is 2. The van der Waals surface area contributed by atoms with Crippen LogP contribution in [0.4, 0.5) is 0 Å². The molecule has 0 amide bonds. The van der Waals surface area contributed by atoms with Crippen LogP contribution in [-0.4, -0.2) is 31.3 Å². The Labute approximate surface area is 180 Å². The van der Waals surface area contributed by atoms with Gasteiger partial charge in [0.15, 0.2) is 0 Å². The molecule has 0 unspecified atom stereocenters. The average molecular weight is 395 g/mol. The molecule has 0 heterocycles. The molecule has 30 heavy (non-hydrogen) atoms. The summed E-state index contributed by atoms with van der Waals surface area (Å²) >= 11 is 0. The van der Waals surface area contributed by atoms with Crippen molar-refractivity contribution in [1.29, 1.82) is 5.41 Å². The third kappa shape index (κ3) is 3.53. The van der Waals surface area contributed by atoms with Gasteiger partial charge < -0.3 is 4.90 Å². The molecule has 0 radical (unpaired) electrons. The van der Waals surface area contributed by atoms with Crippen LogP contribution < -0.4 is 0 Å². The molecule has 1 N–H and O–H groups in total. The van der Waals surface area contributed by atoms with Crippen LogP contribution in [0, 0.1) is 26.2 Å². The first-order valence-corrected chi connectivity index (χ1v) is 10.6. The van der Waals surface area contributed by atoms with Gasteiger partial charge in [-0.1, -0.05) is 60.7 Å². The minimum atomic E-state index is 0.617. The van der Waals surface area contributed by atoms with Crippen LogP contribution in [0.1, 0.15) is 39.8 Å². The summed E-state index contributed by atoms with van der Waals surface area (Å²) in [6, 6.07) is 17.1. The Kier molecular flexibility index (Phi) is 5.44. The molecule has 152 valence electrons. The summed E-state index contributed by atoms with van der Waals surface area (Å²) in [6.07, 6.45) is 5.42. The Bertz CT molecular complexity index is 1210. The van der Waals surface area contributed by atoms with Gasteiger partial charge in [0, 0.05) is 17.7 Å². The van der Waals surface area contributed by atoms with E-state index in [-0.39, 0.29) is 0 Å². The van der Waals surface area contributed by atoms with Gasteiger partial charge in [0.1, 0.15) is 0 Å². The molecule has 0 bridgehead atoms. The van der Waals surface area contributed by atoms with Crippen LogP contribution in [0.3, 0.4) is 0 Å². The molecule has 0 saturated heterocycles. The molecule has 0 saturated carbocycles. The number of aryl methyl sites for hydroxylation is 1. The summed E-state index contributed by atoms with van der Waals surface area (Å²) in [5.41, 5.74) is 10.3. The van der Waals surface area contributed by atoms with Crippen LogP contribution in [0.25, 0.3) is 16.3 Å². The lowest BCUT2D eigenvalue weighted by atomic mass is 9.85. The maximum absolute atomic E-state index is 9.32. The normalized spacial score (nSPS) is 13.7. The van der Waals surface area contributed by atoms with Crippen LogP contribution in [0.5, 0.6) is 0 Å². The maximum atomic E-state index is 9.32. The monoisotopic (exact) mass is 394 g/mol. The number of nitrogens with zero attached hydrogens (tertiary/aromatic N) is 1. The third-order valence-corrected chi connectivity index (χ3v) is 6.35. The van der Waals surface area contributed by atoms with E-state index >= 15 is 0 Å². The molecular formula is C28H30N2. The second-order valence-electron chi connectivity index (χ2n) is 8.61. The van der Waals surface area contributed by atoms with Crippen LogP contribution in [-0.2, 0) is 0 Å². The summed E-state index contributed by atoms with van der Waals surface area (Å²) in [5, 5.41) is 11.7. The van der Waals surface area contributed by atoms with E-state index in [1.165, 1.54) is 38.8 Å². The molecule has 1 aliphatic rings. The Hall–Kier alpha value is -2.97. The van der Waals surface area contributed by atoms with E-state index < -0.39 is 0 Å². The topological polar surface area (TPSA) is 27.1 Å². The maximum Gasteiger partial charge on any atom is 0.0699 e. The first kappa shape index (κ1) is 20.3. The number of allylic oxidation sites excluding steroid dienone is 2. The van der Waals surface area contributed by atoms with Gasteiger partial charge in [0.2, 0.25) is 0 Å². The van der Waals surface area contributed by atoms with Gasteiger partial charge in [-0.15, -0.1) is 0 Å². The second-order valence-corrected chi connectivity index (χ2v) is 8.61. The predicted octanol–water partition coefficient (Wildman–Crippen LogP) is 6.46. The van der Waals surface area contributed by atoms with E-state index in [1.54, 1.807) is 0 Å². The zero-order valence-corrected chi connectivity index (χ0v) is 18.6. The van der Waals surface area contributed by atoms with E-state index in [1.807, 2.05) is 0 Å². The fourth-order valence-electron chi connectivity index (χ4n) is 4.48. The van der Waals surface area contributed by atoms with Gasteiger partial charge in [0.05, 0.1) is 5.71 Å². The number of likely N-dealkylation sites (N-methyl/N-ethyl adjacent to an activating group) is 1. The highest BCUT2D eigenvalue weighted by Crippen LogP contribution is 2.36. The lowest BCUT2D eigenvalue weighted by Gasteiger charge is -2.20. The van der Waals surface area contributed by atoms with Crippen molar-refractivity contribution in [3.63, 3.8) is 0 Å². The smallest absolute Gasteiger partial charge is 0.0699 e. The highest BCUT2D eigenvalue weighted by molar-refractivity contribution is 6.21. The van der Waals surface area contributed by atoms with Gasteiger partial charge in [-0.05, 0) is 85.5 Å². The predicted molar refractivity (Wildman–Crippen MR) is 130 cm³/mol. The molecule has 1 aliphatic carbocycles. The van der Waals surface area contributed by atoms with Crippen LogP contribution in [0.15, 0.2) is 66.3 Å². The summed E-state index contributed by atoms with van der Waals surface area (Å²) in [6.45, 7) is 7.35. The van der Waals surface area contributed by atoms with Gasteiger partial charge in [-0.3, -0.25) is 5.41 Å². The van der Waals surface area contributed by atoms with E-state index in [2.05, 4.69) is 100 Å². The Morgan fingerprint density at radius 1 is 0.933 bits per heavy atom. The molecular weight excluding hydrogens is 364 g/mol. The van der Waals surface area contributed by atoms with Gasteiger partial charge >= 0.3 is 0 Å². The fourth-order valence-corrected chi connectivity index (χ4v) is 4.48. The van der Waals surface area contributed by atoms with Crippen molar-refractivity contribution < 1.29 is 0 Å². The molecule has 0 aromatic heterocycles. The molecule has 2 heteroatoms. The summed E-state index contributed by atoms with van der Waals surface area (Å²) in [5.74, 6) is 0. The van der Waals surface area contributed by atoms with Gasteiger partial charge in [-0.2, -0.15) is 0 Å². The zero-order valence-electron chi connectivity index (χ0n) is 18.6. The van der Waals surface area contributed by atoms with Crippen LogP contribution >= 0.6 is 0 Å². The van der Waals surface area contributed by atoms with Crippen molar-refractivity contribution in [2.75, 3.05) is 20.6 Å². The molecule has 0 fully saturated rings. The minimum Gasteiger partial charge on any atom is -0.305 e. The molecule has 3 aromatic rings. The largest absolute Gasteiger partial charge is 0.305 e. The van der Waals surface area contributed by atoms with Crippen molar-refractivity contribution >= 4 is 22.1 Å². The van der Waals surface area contributed by atoms with Crippen molar-refractivity contribution in [3.8, 4) is 0 Å². The number of rotatable bonds is 5. The Morgan fingerprint density at radius 3 is 2.47 bits per heavy atom. The van der Waals surface area contributed by atoms with E-state index in [0.29, 0.717) is 5.71 Å². The van der Waals surface area contributed by atoms with Crippen molar-refractivity contribution in [3.05, 3.63) is 99.6 Å². The van der Waals surface area contributed by atoms with Crippen molar-refractivity contribution in [2.45, 2.75) is 27.2 Å². The van der Waals surface area contributed by atoms with E-state index in [9.17, 15) is 5.41 Å². The molecule has 2 nitrogen and oxygen atoms in total. The Balaban J connectivity index is 1.98. The first-order chi connectivity index (χ1) is 14.4. The standard InChI is InChI=1S/C28H30N2/c1-18-13-15-23(20(3)19(18)2)28(29)27-25-11-7-6-9-21(25)14-16-26(27)24-12-8-10-22(24)17-30(4)5/h6-11,13-16,29H,12,17H2,1-5H3. The zero-order chi connectivity index (χ0) is 21.4. The molecule has 0 aliphatic heterocycles. The summed E-state index contributed by atoms with van der Waals surface area (Å²) < 4.78 is 0. The highest BCUT2D eigenvalue weighted by atomic mass is 15.0. The quantitative estimate of drug-likeness (QED) is 0.494. The second kappa shape index (κ2) is 8.04. The van der Waals surface area contributed by atoms with Gasteiger partial charge in [0.25, 0.3) is 0 Å². The number of hydrogen-bond donors (Lipinski definition) is 1. The lowest BCUT2D eigenvalue weighted by Crippen LogP contribution is -2.15. The molecule has 0 spiro atoms. The van der Waals surface area contributed by atoms with Crippen LogP contribution in [0.2, 0.25) is 0 Å². The fraction of sp³-hybridized carbons (Fsp3) is 0.250. The van der Waals surface area contributed by atoms with E-state index in [0.717, 1.165) is 29.5 Å². The van der Waals surface area contributed by atoms with Gasteiger partial charge in [-0.25, -0.2) is 0 Å². The number of benzene rings is 3. The summed E-state index contributed by atoms with van der Waals surface area (Å²) in [7, 11) is 4.22. The SMILES string of the molecule is Cc1ccc(C(=N)c2c(C3=C(CN(C)C)C=CC3)ccc3ccccc23)c(C)c1C. The van der Waals surface area contributed by atoms with E-state index in [4.69, 9.17) is 0 Å². The molecule has 0 atom stereocenters. The minimum absolute atomic E-state index is 0.617. The third-order valence-electron chi connectivity index (χ3n) is 6.35. The Morgan fingerprint density at radius 2 is 1.70 bits per heavy atom. The van der Waals surface area contributed by atoms with Crippen molar-refractivity contribution in [2.24, 2.45) is 0 Å². The lowest BCUT2D eigenvalue weighted by molar-refractivity contribution is 0.450. The number of fused-ring (bicyclic) bond motifs is 1. The first-order valence-electron chi connectivity index (χ1n) is 10.6. The molecule has 4 rings (SSSR count). The number of nitrogens with one attached hydrogen (secondary N) is 1. The van der Waals surface area contributed by atoms with Crippen molar-refractivity contribution in [1.82, 2.24) is 4.90 Å². The highest BCUT2D eigenvalue weighted by Gasteiger charge is 2.21. The average Bonchev–Trinajstić information content (AvgIpc) is 3.18. The summed E-state index contributed by atoms with van der Waals surface area (Å²) in [4.78, 5) is 2.21.